The number of amides is 1. The smallest absolute Gasteiger partial charge is 0.328 e. The Morgan fingerprint density at radius 1 is 1.12 bits per heavy atom. The van der Waals surface area contributed by atoms with Gasteiger partial charge in [0.1, 0.15) is 23.4 Å². The first-order chi connectivity index (χ1) is 12.5. The Balaban J connectivity index is 1.73. The highest BCUT2D eigenvalue weighted by atomic mass is 19.1. The first kappa shape index (κ1) is 17.9. The minimum Gasteiger partial charge on any atom is -0.467 e. The number of benzene rings is 2. The summed E-state index contributed by atoms with van der Waals surface area (Å²) in [7, 11) is 1.33. The van der Waals surface area contributed by atoms with Crippen LogP contribution in [0.15, 0.2) is 48.5 Å². The van der Waals surface area contributed by atoms with Crippen LogP contribution < -0.4 is 4.74 Å². The van der Waals surface area contributed by atoms with E-state index in [0.717, 1.165) is 5.56 Å². The number of likely N-dealkylation sites (tertiary alicyclic amines) is 1. The van der Waals surface area contributed by atoms with Crippen LogP contribution in [0.3, 0.4) is 0 Å². The molecule has 2 aromatic rings. The lowest BCUT2D eigenvalue weighted by Crippen LogP contribution is -2.40. The summed E-state index contributed by atoms with van der Waals surface area (Å²) in [4.78, 5) is 25.7. The van der Waals surface area contributed by atoms with Gasteiger partial charge in [-0.1, -0.05) is 12.1 Å². The second-order valence-corrected chi connectivity index (χ2v) is 6.18. The van der Waals surface area contributed by atoms with Crippen LogP contribution in [0.2, 0.25) is 0 Å². The summed E-state index contributed by atoms with van der Waals surface area (Å²) in [5.41, 5.74) is 0.889. The number of hydrogen-bond acceptors (Lipinski definition) is 4. The van der Waals surface area contributed by atoms with E-state index < -0.39 is 6.04 Å². The molecule has 2 aromatic carbocycles. The fourth-order valence-electron chi connectivity index (χ4n) is 3.17. The van der Waals surface area contributed by atoms with Crippen molar-refractivity contribution in [1.29, 1.82) is 0 Å². The summed E-state index contributed by atoms with van der Waals surface area (Å²) < 4.78 is 23.4. The fraction of sp³-hybridized carbons (Fsp3) is 0.300. The molecule has 1 saturated heterocycles. The molecule has 2 unspecified atom stereocenters. The minimum atomic E-state index is -0.544. The van der Waals surface area contributed by atoms with Gasteiger partial charge in [0.15, 0.2) is 0 Å². The van der Waals surface area contributed by atoms with Gasteiger partial charge in [0, 0.05) is 6.42 Å². The van der Waals surface area contributed by atoms with Crippen LogP contribution >= 0.6 is 0 Å². The van der Waals surface area contributed by atoms with E-state index >= 15 is 0 Å². The fourth-order valence-corrected chi connectivity index (χ4v) is 3.17. The third-order valence-corrected chi connectivity index (χ3v) is 4.56. The lowest BCUT2D eigenvalue weighted by molar-refractivity contribution is -0.150. The molecule has 26 heavy (non-hydrogen) atoms. The summed E-state index contributed by atoms with van der Waals surface area (Å²) in [6.07, 6.45) is 0.817. The van der Waals surface area contributed by atoms with Crippen LogP contribution in [0.5, 0.6) is 11.5 Å². The Bertz CT molecular complexity index is 788. The molecule has 0 aromatic heterocycles. The van der Waals surface area contributed by atoms with Crippen molar-refractivity contribution >= 4 is 11.9 Å². The summed E-state index contributed by atoms with van der Waals surface area (Å²) in [6, 6.07) is 12.2. The summed E-state index contributed by atoms with van der Waals surface area (Å²) in [5.74, 6) is 0.368. The highest BCUT2D eigenvalue weighted by Crippen LogP contribution is 2.32. The van der Waals surface area contributed by atoms with E-state index in [9.17, 15) is 14.0 Å². The lowest BCUT2D eigenvalue weighted by atomic mass is 10.1. The molecule has 136 valence electrons. The van der Waals surface area contributed by atoms with Crippen molar-refractivity contribution in [2.45, 2.75) is 31.8 Å². The number of hydrogen-bond donors (Lipinski definition) is 0. The normalized spacial score (nSPS) is 17.9. The highest BCUT2D eigenvalue weighted by molar-refractivity contribution is 5.88. The molecule has 1 fully saturated rings. The molecule has 0 saturated carbocycles. The molecule has 0 radical (unpaired) electrons. The number of carbonyl (C=O) groups excluding carboxylic acids is 2. The average molecular weight is 357 g/mol. The molecule has 1 aliphatic heterocycles. The monoisotopic (exact) mass is 357 g/mol. The molecule has 6 heteroatoms. The molecule has 3 rings (SSSR count). The van der Waals surface area contributed by atoms with Crippen LogP contribution in [0, 0.1) is 5.82 Å². The zero-order valence-corrected chi connectivity index (χ0v) is 14.6. The van der Waals surface area contributed by atoms with Gasteiger partial charge < -0.3 is 14.4 Å². The number of halogens is 1. The summed E-state index contributed by atoms with van der Waals surface area (Å²) >= 11 is 0. The second kappa shape index (κ2) is 7.56. The Hall–Kier alpha value is -2.89. The Morgan fingerprint density at radius 3 is 2.27 bits per heavy atom. The zero-order valence-electron chi connectivity index (χ0n) is 14.6. The molecule has 5 nitrogen and oxygen atoms in total. The molecule has 0 spiro atoms. The topological polar surface area (TPSA) is 55.8 Å². The van der Waals surface area contributed by atoms with Gasteiger partial charge in [0.25, 0.3) is 0 Å². The molecule has 2 atom stereocenters. The van der Waals surface area contributed by atoms with Gasteiger partial charge in [-0.15, -0.1) is 0 Å². The Morgan fingerprint density at radius 2 is 1.69 bits per heavy atom. The number of rotatable bonds is 5. The van der Waals surface area contributed by atoms with Crippen molar-refractivity contribution in [1.82, 2.24) is 4.90 Å². The van der Waals surface area contributed by atoms with Gasteiger partial charge in [-0.2, -0.15) is 0 Å². The van der Waals surface area contributed by atoms with Crippen molar-refractivity contribution < 1.29 is 23.5 Å². The van der Waals surface area contributed by atoms with Gasteiger partial charge >= 0.3 is 5.97 Å². The quantitative estimate of drug-likeness (QED) is 0.763. The predicted molar refractivity (Wildman–Crippen MR) is 93.2 cm³/mol. The van der Waals surface area contributed by atoms with Gasteiger partial charge in [-0.05, 0) is 55.3 Å². The third kappa shape index (κ3) is 3.69. The van der Waals surface area contributed by atoms with Crippen LogP contribution in [0.25, 0.3) is 0 Å². The average Bonchev–Trinajstić information content (AvgIpc) is 3.04. The summed E-state index contributed by atoms with van der Waals surface area (Å²) in [5, 5.41) is 0. The second-order valence-electron chi connectivity index (χ2n) is 6.18. The van der Waals surface area contributed by atoms with Crippen LogP contribution in [-0.2, 0) is 14.3 Å². The molecule has 1 heterocycles. The Kier molecular flexibility index (Phi) is 5.21. The van der Waals surface area contributed by atoms with Gasteiger partial charge in [-0.25, -0.2) is 9.18 Å². The summed E-state index contributed by atoms with van der Waals surface area (Å²) in [6.45, 7) is 1.88. The van der Waals surface area contributed by atoms with E-state index in [1.807, 2.05) is 19.1 Å². The minimum absolute atomic E-state index is 0.0560. The molecular formula is C20H20FNO4. The number of ether oxygens (including phenoxy) is 2. The van der Waals surface area contributed by atoms with E-state index in [1.54, 1.807) is 29.2 Å². The standard InChI is InChI=1S/C20H20FNO4/c1-13(22-18(20(24)25-2)11-12-19(22)23)14-3-7-16(8-4-14)26-17-9-5-15(21)6-10-17/h3-10,13,18H,11-12H2,1-2H3. The molecule has 1 amide bonds. The van der Waals surface area contributed by atoms with Crippen LogP contribution in [0.4, 0.5) is 4.39 Å². The van der Waals surface area contributed by atoms with Gasteiger partial charge in [-0.3, -0.25) is 4.79 Å². The van der Waals surface area contributed by atoms with E-state index in [2.05, 4.69) is 0 Å². The highest BCUT2D eigenvalue weighted by Gasteiger charge is 2.39. The van der Waals surface area contributed by atoms with Crippen molar-refractivity contribution in [2.24, 2.45) is 0 Å². The van der Waals surface area contributed by atoms with E-state index in [-0.39, 0.29) is 23.7 Å². The van der Waals surface area contributed by atoms with Gasteiger partial charge in [0.05, 0.1) is 13.2 Å². The van der Waals surface area contributed by atoms with Crippen LogP contribution in [-0.4, -0.2) is 29.9 Å². The first-order valence-electron chi connectivity index (χ1n) is 8.42. The third-order valence-electron chi connectivity index (χ3n) is 4.56. The van der Waals surface area contributed by atoms with Crippen molar-refractivity contribution in [2.75, 3.05) is 7.11 Å². The van der Waals surface area contributed by atoms with Gasteiger partial charge in [0.2, 0.25) is 5.91 Å². The number of nitrogens with zero attached hydrogens (tertiary/aromatic N) is 1. The molecule has 0 aliphatic carbocycles. The molecule has 1 aliphatic rings. The van der Waals surface area contributed by atoms with E-state index in [1.165, 1.54) is 19.2 Å². The number of esters is 1. The molecule has 0 N–H and O–H groups in total. The zero-order chi connectivity index (χ0) is 18.7. The lowest BCUT2D eigenvalue weighted by Gasteiger charge is -2.29. The maximum absolute atomic E-state index is 12.9. The van der Waals surface area contributed by atoms with E-state index in [0.29, 0.717) is 24.3 Å². The predicted octanol–water partition coefficient (Wildman–Crippen LogP) is 3.84. The number of methoxy groups -OCH3 is 1. The Labute approximate surface area is 151 Å². The largest absolute Gasteiger partial charge is 0.467 e. The first-order valence-corrected chi connectivity index (χ1v) is 8.42. The maximum Gasteiger partial charge on any atom is 0.328 e. The van der Waals surface area contributed by atoms with E-state index in [4.69, 9.17) is 9.47 Å². The SMILES string of the molecule is COC(=O)C1CCC(=O)N1C(C)c1ccc(Oc2ccc(F)cc2)cc1. The molecular weight excluding hydrogens is 337 g/mol. The number of carbonyl (C=O) groups is 2. The van der Waals surface area contributed by atoms with Crippen molar-refractivity contribution in [3.8, 4) is 11.5 Å². The van der Waals surface area contributed by atoms with Crippen LogP contribution in [0.1, 0.15) is 31.4 Å². The van der Waals surface area contributed by atoms with Crippen molar-refractivity contribution in [3.05, 3.63) is 59.9 Å². The van der Waals surface area contributed by atoms with Crippen molar-refractivity contribution in [3.63, 3.8) is 0 Å². The molecule has 0 bridgehead atoms. The maximum atomic E-state index is 12.9.